The monoisotopic (exact) mass is 420 g/mol. The number of ether oxygens (including phenoxy) is 1. The lowest BCUT2D eigenvalue weighted by molar-refractivity contribution is -0.224. The van der Waals surface area contributed by atoms with Crippen LogP contribution in [0.3, 0.4) is 0 Å². The van der Waals surface area contributed by atoms with Gasteiger partial charge in [-0.15, -0.1) is 0 Å². The zero-order valence-corrected chi connectivity index (χ0v) is 15.6. The molecule has 0 heterocycles. The van der Waals surface area contributed by atoms with E-state index < -0.39 is 53.0 Å². The maximum atomic E-state index is 14.4. The molecule has 0 spiro atoms. The molecule has 158 valence electrons. The van der Waals surface area contributed by atoms with E-state index in [2.05, 4.69) is 11.7 Å². The van der Waals surface area contributed by atoms with Gasteiger partial charge in [0.05, 0.1) is 6.42 Å². The lowest BCUT2D eigenvalue weighted by Gasteiger charge is -2.27. The molecule has 1 saturated carbocycles. The minimum absolute atomic E-state index is 0.136. The maximum absolute atomic E-state index is 14.4. The Morgan fingerprint density at radius 3 is 2.07 bits per heavy atom. The largest absolute Gasteiger partial charge is 0.432 e. The first-order valence-electron chi connectivity index (χ1n) is 9.25. The van der Waals surface area contributed by atoms with E-state index in [1.54, 1.807) is 0 Å². The minimum atomic E-state index is -4.57. The van der Waals surface area contributed by atoms with Crippen molar-refractivity contribution in [2.75, 3.05) is 0 Å². The van der Waals surface area contributed by atoms with Gasteiger partial charge in [0.1, 0.15) is 34.6 Å². The van der Waals surface area contributed by atoms with Gasteiger partial charge in [-0.05, 0) is 42.4 Å². The van der Waals surface area contributed by atoms with Gasteiger partial charge in [0, 0.05) is 12.2 Å². The zero-order valence-electron chi connectivity index (χ0n) is 15.6. The van der Waals surface area contributed by atoms with Crippen LogP contribution in [-0.2, 0) is 10.8 Å². The van der Waals surface area contributed by atoms with E-state index in [0.29, 0.717) is 24.8 Å². The number of halogens is 7. The molecule has 2 aliphatic rings. The summed E-state index contributed by atoms with van der Waals surface area (Å²) in [6, 6.07) is 1.68. The molecule has 1 nitrogen and oxygen atoms in total. The van der Waals surface area contributed by atoms with Crippen molar-refractivity contribution >= 4 is 0 Å². The molecule has 3 rings (SSSR count). The Kier molecular flexibility index (Phi) is 6.10. The number of hydrogen-bond acceptors (Lipinski definition) is 1. The molecule has 2 aliphatic carbocycles. The predicted octanol–water partition coefficient (Wildman–Crippen LogP) is 7.62. The van der Waals surface area contributed by atoms with Gasteiger partial charge in [-0.3, -0.25) is 0 Å². The highest BCUT2D eigenvalue weighted by molar-refractivity contribution is 5.34. The van der Waals surface area contributed by atoms with Crippen LogP contribution in [0.15, 0.2) is 47.5 Å². The molecule has 0 aromatic heterocycles. The van der Waals surface area contributed by atoms with E-state index in [9.17, 15) is 30.7 Å². The van der Waals surface area contributed by atoms with Crippen LogP contribution in [0.25, 0.3) is 0 Å². The van der Waals surface area contributed by atoms with Crippen molar-refractivity contribution in [1.29, 1.82) is 0 Å². The molecule has 0 saturated heterocycles. The van der Waals surface area contributed by atoms with Crippen molar-refractivity contribution in [1.82, 2.24) is 0 Å². The van der Waals surface area contributed by atoms with E-state index >= 15 is 0 Å². The number of rotatable bonds is 4. The summed E-state index contributed by atoms with van der Waals surface area (Å²) in [7, 11) is 0. The van der Waals surface area contributed by atoms with Crippen LogP contribution in [0.4, 0.5) is 30.7 Å². The van der Waals surface area contributed by atoms with E-state index in [0.717, 1.165) is 25.0 Å². The second-order valence-electron chi connectivity index (χ2n) is 7.50. The summed E-state index contributed by atoms with van der Waals surface area (Å²) < 4.78 is 102. The van der Waals surface area contributed by atoms with Gasteiger partial charge >= 0.3 is 6.11 Å². The number of allylic oxidation sites excluding steroid dienone is 5. The van der Waals surface area contributed by atoms with Gasteiger partial charge in [0.25, 0.3) is 0 Å². The molecular formula is C21H19F7O. The molecule has 0 bridgehead atoms. The second-order valence-corrected chi connectivity index (χ2v) is 7.50. The van der Waals surface area contributed by atoms with Crippen molar-refractivity contribution in [3.8, 4) is 0 Å². The topological polar surface area (TPSA) is 9.23 Å². The molecule has 29 heavy (non-hydrogen) atoms. The first-order valence-corrected chi connectivity index (χ1v) is 9.25. The fourth-order valence-corrected chi connectivity index (χ4v) is 3.64. The summed E-state index contributed by atoms with van der Waals surface area (Å²) in [6.07, 6.45) is -1.97. The Hall–Kier alpha value is -2.25. The molecule has 0 unspecified atom stereocenters. The van der Waals surface area contributed by atoms with Crippen LogP contribution < -0.4 is 0 Å². The summed E-state index contributed by atoms with van der Waals surface area (Å²) >= 11 is 0. The Labute approximate surface area is 163 Å². The Morgan fingerprint density at radius 1 is 0.897 bits per heavy atom. The van der Waals surface area contributed by atoms with Crippen molar-refractivity contribution in [3.05, 3.63) is 70.3 Å². The third-order valence-corrected chi connectivity index (χ3v) is 5.24. The molecule has 1 aromatic carbocycles. The number of benzene rings is 1. The van der Waals surface area contributed by atoms with Crippen LogP contribution in [0.2, 0.25) is 0 Å². The van der Waals surface area contributed by atoms with Gasteiger partial charge in [-0.2, -0.15) is 8.78 Å². The summed E-state index contributed by atoms with van der Waals surface area (Å²) in [6.45, 7) is 2.07. The first-order chi connectivity index (χ1) is 13.6. The molecule has 8 heteroatoms. The van der Waals surface area contributed by atoms with Crippen LogP contribution in [0.5, 0.6) is 0 Å². The van der Waals surface area contributed by atoms with Gasteiger partial charge in [-0.25, -0.2) is 22.0 Å². The van der Waals surface area contributed by atoms with Crippen molar-refractivity contribution in [2.45, 2.75) is 51.1 Å². The van der Waals surface area contributed by atoms with Gasteiger partial charge < -0.3 is 4.74 Å². The van der Waals surface area contributed by atoms with E-state index in [-0.39, 0.29) is 17.6 Å². The van der Waals surface area contributed by atoms with E-state index in [1.165, 1.54) is 0 Å². The van der Waals surface area contributed by atoms with Crippen LogP contribution in [-0.4, -0.2) is 0 Å². The Bertz CT molecular complexity index is 854. The van der Waals surface area contributed by atoms with Crippen LogP contribution in [0, 0.1) is 17.6 Å². The minimum Gasteiger partial charge on any atom is -0.429 e. The van der Waals surface area contributed by atoms with Gasteiger partial charge in [-0.1, -0.05) is 19.8 Å². The second kappa shape index (κ2) is 8.24. The highest BCUT2D eigenvalue weighted by Gasteiger charge is 2.42. The lowest BCUT2D eigenvalue weighted by Crippen LogP contribution is -2.22. The van der Waals surface area contributed by atoms with Crippen molar-refractivity contribution < 1.29 is 35.5 Å². The summed E-state index contributed by atoms with van der Waals surface area (Å²) in [5.41, 5.74) is -1.39. The van der Waals surface area contributed by atoms with Gasteiger partial charge in [0.2, 0.25) is 0 Å². The predicted molar refractivity (Wildman–Crippen MR) is 92.8 cm³/mol. The van der Waals surface area contributed by atoms with E-state index in [1.807, 2.05) is 0 Å². The molecule has 0 aliphatic heterocycles. The molecule has 0 amide bonds. The van der Waals surface area contributed by atoms with Crippen LogP contribution in [0.1, 0.15) is 56.1 Å². The summed E-state index contributed by atoms with van der Waals surface area (Å²) in [5, 5.41) is 0. The van der Waals surface area contributed by atoms with Gasteiger partial charge in [0.15, 0.2) is 5.83 Å². The third kappa shape index (κ3) is 4.85. The molecular weight excluding hydrogens is 401 g/mol. The van der Waals surface area contributed by atoms with E-state index in [4.69, 9.17) is 0 Å². The Balaban J connectivity index is 1.89. The quantitative estimate of drug-likeness (QED) is 0.456. The number of hydrogen-bond donors (Lipinski definition) is 0. The zero-order chi connectivity index (χ0) is 21.3. The molecule has 0 atom stereocenters. The highest BCUT2D eigenvalue weighted by Crippen LogP contribution is 2.41. The summed E-state index contributed by atoms with van der Waals surface area (Å²) in [5.74, 6) is -8.18. The van der Waals surface area contributed by atoms with Crippen LogP contribution >= 0.6 is 0 Å². The molecule has 1 aromatic rings. The smallest absolute Gasteiger partial charge is 0.429 e. The van der Waals surface area contributed by atoms with Crippen molar-refractivity contribution in [3.63, 3.8) is 0 Å². The van der Waals surface area contributed by atoms with Crippen molar-refractivity contribution in [2.24, 2.45) is 5.92 Å². The maximum Gasteiger partial charge on any atom is 0.432 e. The standard InChI is InChI=1S/C21H19F7O/c1-11-2-4-12(5-3-11)13-6-18(25)20(19(26)7-13)21(27,28)29-15-8-14(22)9-16(23)17(24)10-15/h6-8,10-12H,2-5,9H2,1H3. The molecule has 0 N–H and O–H groups in total. The normalized spacial score (nSPS) is 23.4. The highest BCUT2D eigenvalue weighted by atomic mass is 19.3. The third-order valence-electron chi connectivity index (χ3n) is 5.24. The lowest BCUT2D eigenvalue weighted by atomic mass is 9.79. The fourth-order valence-electron chi connectivity index (χ4n) is 3.64. The summed E-state index contributed by atoms with van der Waals surface area (Å²) in [4.78, 5) is 0. The SMILES string of the molecule is CC1CCC(c2cc(F)c(C(F)(F)OC3=CC(F)=C(F)CC(F)=C3)c(F)c2)CC1. The fraction of sp³-hybridized carbons (Fsp3) is 0.429. The molecule has 1 fully saturated rings. The average Bonchev–Trinajstić information content (AvgIpc) is 2.71. The first kappa shape index (κ1) is 21.5. The Morgan fingerprint density at radius 2 is 1.48 bits per heavy atom. The average molecular weight is 420 g/mol. The molecule has 0 radical (unpaired) electrons. The number of alkyl halides is 2.